The molecule has 2 heterocycles. The Morgan fingerprint density at radius 1 is 1.22 bits per heavy atom. The highest BCUT2D eigenvalue weighted by Gasteiger charge is 2.48. The van der Waals surface area contributed by atoms with Gasteiger partial charge in [0.1, 0.15) is 6.10 Å². The third-order valence-electron chi connectivity index (χ3n) is 4.81. The first-order chi connectivity index (χ1) is 8.65. The topological polar surface area (TPSA) is 35.5 Å². The SMILES string of the molecule is C=C(C)C(=O)OC1CCCC1C1CC2CCC1O2. The van der Waals surface area contributed by atoms with Crippen LogP contribution in [0.4, 0.5) is 0 Å². The average Bonchev–Trinajstić information content (AvgIpc) is 3.02. The summed E-state index contributed by atoms with van der Waals surface area (Å²) in [5, 5.41) is 0. The van der Waals surface area contributed by atoms with Gasteiger partial charge in [-0.1, -0.05) is 6.58 Å². The third-order valence-corrected chi connectivity index (χ3v) is 4.81. The fraction of sp³-hybridized carbons (Fsp3) is 0.800. The summed E-state index contributed by atoms with van der Waals surface area (Å²) in [6.45, 7) is 5.37. The van der Waals surface area contributed by atoms with Crippen LogP contribution in [0.15, 0.2) is 12.2 Å². The summed E-state index contributed by atoms with van der Waals surface area (Å²) in [4.78, 5) is 11.7. The lowest BCUT2D eigenvalue weighted by Gasteiger charge is -2.29. The summed E-state index contributed by atoms with van der Waals surface area (Å²) >= 11 is 0. The molecule has 100 valence electrons. The first-order valence-electron chi connectivity index (χ1n) is 7.17. The van der Waals surface area contributed by atoms with Crippen LogP contribution in [0.3, 0.4) is 0 Å². The van der Waals surface area contributed by atoms with Gasteiger partial charge in [0.25, 0.3) is 0 Å². The molecule has 0 aromatic heterocycles. The van der Waals surface area contributed by atoms with Crippen molar-refractivity contribution >= 4 is 5.97 Å². The van der Waals surface area contributed by atoms with Crippen molar-refractivity contribution in [2.45, 2.75) is 63.8 Å². The van der Waals surface area contributed by atoms with Crippen molar-refractivity contribution < 1.29 is 14.3 Å². The van der Waals surface area contributed by atoms with Crippen LogP contribution in [0, 0.1) is 11.8 Å². The fourth-order valence-electron chi connectivity index (χ4n) is 3.96. The molecule has 0 amide bonds. The van der Waals surface area contributed by atoms with Crippen molar-refractivity contribution in [2.24, 2.45) is 11.8 Å². The van der Waals surface area contributed by atoms with E-state index in [9.17, 15) is 4.79 Å². The summed E-state index contributed by atoms with van der Waals surface area (Å²) < 4.78 is 11.6. The van der Waals surface area contributed by atoms with Gasteiger partial charge in [0.05, 0.1) is 12.2 Å². The quantitative estimate of drug-likeness (QED) is 0.570. The van der Waals surface area contributed by atoms with Crippen LogP contribution >= 0.6 is 0 Å². The van der Waals surface area contributed by atoms with Gasteiger partial charge < -0.3 is 9.47 Å². The van der Waals surface area contributed by atoms with E-state index < -0.39 is 0 Å². The smallest absolute Gasteiger partial charge is 0.333 e. The summed E-state index contributed by atoms with van der Waals surface area (Å²) in [5.41, 5.74) is 0.504. The lowest BCUT2D eigenvalue weighted by atomic mass is 9.78. The Morgan fingerprint density at radius 3 is 2.67 bits per heavy atom. The predicted molar refractivity (Wildman–Crippen MR) is 68.0 cm³/mol. The molecule has 0 N–H and O–H groups in total. The second-order valence-corrected chi connectivity index (χ2v) is 6.09. The van der Waals surface area contributed by atoms with Crippen molar-refractivity contribution in [3.8, 4) is 0 Å². The molecule has 2 saturated heterocycles. The van der Waals surface area contributed by atoms with Gasteiger partial charge in [0.2, 0.25) is 0 Å². The predicted octanol–water partition coefficient (Wildman–Crippen LogP) is 2.84. The van der Waals surface area contributed by atoms with Crippen LogP contribution in [-0.2, 0) is 14.3 Å². The molecule has 3 nitrogen and oxygen atoms in total. The highest BCUT2D eigenvalue weighted by atomic mass is 16.5. The Kier molecular flexibility index (Phi) is 3.18. The second kappa shape index (κ2) is 4.69. The van der Waals surface area contributed by atoms with Crippen molar-refractivity contribution in [1.82, 2.24) is 0 Å². The summed E-state index contributed by atoms with van der Waals surface area (Å²) in [6.07, 6.45) is 7.99. The van der Waals surface area contributed by atoms with Gasteiger partial charge in [-0.3, -0.25) is 0 Å². The Bertz CT molecular complexity index is 363. The first-order valence-corrected chi connectivity index (χ1v) is 7.17. The van der Waals surface area contributed by atoms with Crippen molar-refractivity contribution in [1.29, 1.82) is 0 Å². The van der Waals surface area contributed by atoms with Crippen LogP contribution in [0.2, 0.25) is 0 Å². The minimum absolute atomic E-state index is 0.0992. The van der Waals surface area contributed by atoms with Crippen molar-refractivity contribution in [3.05, 3.63) is 12.2 Å². The zero-order valence-corrected chi connectivity index (χ0v) is 11.1. The molecule has 1 aliphatic carbocycles. The van der Waals surface area contributed by atoms with Gasteiger partial charge in [-0.05, 0) is 51.4 Å². The number of esters is 1. The molecule has 3 aliphatic rings. The van der Waals surface area contributed by atoms with Crippen molar-refractivity contribution in [2.75, 3.05) is 0 Å². The molecule has 5 atom stereocenters. The standard InChI is InChI=1S/C15H22O3/c1-9(2)15(16)18-13-5-3-4-11(13)12-8-10-6-7-14(12)17-10/h10-14H,1,3-8H2,2H3. The van der Waals surface area contributed by atoms with Crippen LogP contribution in [-0.4, -0.2) is 24.3 Å². The molecule has 3 heteroatoms. The van der Waals surface area contributed by atoms with E-state index in [0.717, 1.165) is 6.42 Å². The van der Waals surface area contributed by atoms with E-state index in [1.54, 1.807) is 6.92 Å². The molecule has 2 bridgehead atoms. The molecule has 0 aromatic carbocycles. The van der Waals surface area contributed by atoms with Crippen LogP contribution in [0.25, 0.3) is 0 Å². The van der Waals surface area contributed by atoms with Crippen LogP contribution < -0.4 is 0 Å². The minimum Gasteiger partial charge on any atom is -0.459 e. The van der Waals surface area contributed by atoms with E-state index in [1.165, 1.54) is 32.1 Å². The lowest BCUT2D eigenvalue weighted by Crippen LogP contribution is -2.33. The molecule has 18 heavy (non-hydrogen) atoms. The van der Waals surface area contributed by atoms with E-state index in [0.29, 0.717) is 29.6 Å². The Labute approximate surface area is 109 Å². The van der Waals surface area contributed by atoms with E-state index >= 15 is 0 Å². The van der Waals surface area contributed by atoms with Gasteiger partial charge in [-0.2, -0.15) is 0 Å². The molecule has 1 saturated carbocycles. The molecule has 2 aliphatic heterocycles. The molecular formula is C15H22O3. The minimum atomic E-state index is -0.226. The van der Waals surface area contributed by atoms with Crippen LogP contribution in [0.5, 0.6) is 0 Å². The Balaban J connectivity index is 1.64. The molecule has 3 rings (SSSR count). The van der Waals surface area contributed by atoms with Gasteiger partial charge in [0.15, 0.2) is 0 Å². The normalized spacial score (nSPS) is 42.2. The largest absolute Gasteiger partial charge is 0.459 e. The maximum atomic E-state index is 11.7. The Hall–Kier alpha value is -0.830. The van der Waals surface area contributed by atoms with E-state index in [1.807, 2.05) is 0 Å². The number of fused-ring (bicyclic) bond motifs is 2. The number of rotatable bonds is 3. The molecular weight excluding hydrogens is 228 g/mol. The molecule has 3 fully saturated rings. The average molecular weight is 250 g/mol. The Morgan fingerprint density at radius 2 is 2.06 bits per heavy atom. The number of hydrogen-bond acceptors (Lipinski definition) is 3. The van der Waals surface area contributed by atoms with Crippen molar-refractivity contribution in [3.63, 3.8) is 0 Å². The van der Waals surface area contributed by atoms with Gasteiger partial charge in [-0.25, -0.2) is 4.79 Å². The number of hydrogen-bond donors (Lipinski definition) is 0. The van der Waals surface area contributed by atoms with Crippen LogP contribution in [0.1, 0.15) is 45.4 Å². The number of carbonyl (C=O) groups excluding carboxylic acids is 1. The van der Waals surface area contributed by atoms with Gasteiger partial charge >= 0.3 is 5.97 Å². The summed E-state index contributed by atoms with van der Waals surface area (Å²) in [7, 11) is 0. The lowest BCUT2D eigenvalue weighted by molar-refractivity contribution is -0.147. The molecule has 0 aromatic rings. The maximum Gasteiger partial charge on any atom is 0.333 e. The fourth-order valence-corrected chi connectivity index (χ4v) is 3.96. The molecule has 0 radical (unpaired) electrons. The second-order valence-electron chi connectivity index (χ2n) is 6.09. The zero-order chi connectivity index (χ0) is 12.7. The summed E-state index contributed by atoms with van der Waals surface area (Å²) in [5.74, 6) is 0.911. The highest BCUT2D eigenvalue weighted by Crippen LogP contribution is 2.47. The monoisotopic (exact) mass is 250 g/mol. The third kappa shape index (κ3) is 2.09. The van der Waals surface area contributed by atoms with Gasteiger partial charge in [-0.15, -0.1) is 0 Å². The summed E-state index contributed by atoms with van der Waals surface area (Å²) in [6, 6.07) is 0. The first kappa shape index (κ1) is 12.2. The molecule has 5 unspecified atom stereocenters. The van der Waals surface area contributed by atoms with E-state index in [2.05, 4.69) is 6.58 Å². The number of ether oxygens (including phenoxy) is 2. The van der Waals surface area contributed by atoms with E-state index in [4.69, 9.17) is 9.47 Å². The zero-order valence-electron chi connectivity index (χ0n) is 11.1. The molecule has 0 spiro atoms. The highest BCUT2D eigenvalue weighted by molar-refractivity contribution is 5.87. The van der Waals surface area contributed by atoms with Gasteiger partial charge in [0, 0.05) is 11.5 Å². The number of carbonyl (C=O) groups is 1. The van der Waals surface area contributed by atoms with E-state index in [-0.39, 0.29) is 12.1 Å². The maximum absolute atomic E-state index is 11.7.